The molecular weight excluding hydrogens is 236 g/mol. The van der Waals surface area contributed by atoms with Crippen molar-refractivity contribution in [3.8, 4) is 0 Å². The maximum absolute atomic E-state index is 5.28. The van der Waals surface area contributed by atoms with Gasteiger partial charge in [-0.25, -0.2) is 0 Å². The second-order valence-corrected chi connectivity index (χ2v) is 4.10. The molecule has 0 aromatic carbocycles. The molecule has 5 heteroatoms. The van der Waals surface area contributed by atoms with Crippen LogP contribution in [-0.4, -0.2) is 24.9 Å². The van der Waals surface area contributed by atoms with Crippen LogP contribution in [0, 0.1) is 0 Å². The molecule has 0 spiro atoms. The van der Waals surface area contributed by atoms with Crippen LogP contribution in [0.25, 0.3) is 0 Å². The molecule has 1 heterocycles. The van der Waals surface area contributed by atoms with Gasteiger partial charge in [-0.3, -0.25) is 0 Å². The summed E-state index contributed by atoms with van der Waals surface area (Å²) in [6.07, 6.45) is 2.61. The van der Waals surface area contributed by atoms with E-state index < -0.39 is 0 Å². The first kappa shape index (κ1) is 14.0. The summed E-state index contributed by atoms with van der Waals surface area (Å²) in [5, 5.41) is 6.94. The van der Waals surface area contributed by atoms with E-state index in [-0.39, 0.29) is 6.04 Å². The minimum Gasteiger partial charge on any atom is -0.467 e. The van der Waals surface area contributed by atoms with Crippen LogP contribution in [0.3, 0.4) is 0 Å². The van der Waals surface area contributed by atoms with Crippen molar-refractivity contribution in [1.29, 1.82) is 0 Å². The lowest BCUT2D eigenvalue weighted by Crippen LogP contribution is -2.37. The fraction of sp³-hybridized carbons (Fsp3) is 0.583. The zero-order valence-electron chi connectivity index (χ0n) is 10.4. The van der Waals surface area contributed by atoms with Crippen molar-refractivity contribution < 1.29 is 9.15 Å². The second kappa shape index (κ2) is 8.08. The molecule has 0 amide bonds. The monoisotopic (exact) mass is 256 g/mol. The Morgan fingerprint density at radius 2 is 2.41 bits per heavy atom. The number of hydrogen-bond donors (Lipinski definition) is 2. The highest BCUT2D eigenvalue weighted by atomic mass is 32.1. The van der Waals surface area contributed by atoms with Crippen LogP contribution in [-0.2, 0) is 4.74 Å². The smallest absolute Gasteiger partial charge is 0.166 e. The van der Waals surface area contributed by atoms with Crippen molar-refractivity contribution in [2.75, 3.05) is 19.8 Å². The van der Waals surface area contributed by atoms with Gasteiger partial charge in [-0.2, -0.15) is 0 Å². The first-order valence-corrected chi connectivity index (χ1v) is 6.30. The van der Waals surface area contributed by atoms with E-state index in [1.807, 2.05) is 26.0 Å². The van der Waals surface area contributed by atoms with Gasteiger partial charge in [-0.15, -0.1) is 0 Å². The summed E-state index contributed by atoms with van der Waals surface area (Å²) in [5.41, 5.74) is 0. The van der Waals surface area contributed by atoms with Crippen molar-refractivity contribution in [1.82, 2.24) is 10.6 Å². The van der Waals surface area contributed by atoms with Gasteiger partial charge in [0.1, 0.15) is 5.76 Å². The zero-order valence-corrected chi connectivity index (χ0v) is 11.2. The lowest BCUT2D eigenvalue weighted by molar-refractivity contribution is 0.145. The summed E-state index contributed by atoms with van der Waals surface area (Å²) < 4.78 is 10.5. The molecule has 1 unspecified atom stereocenters. The summed E-state index contributed by atoms with van der Waals surface area (Å²) in [5.74, 6) is 0.878. The number of hydrogen-bond acceptors (Lipinski definition) is 3. The predicted octanol–water partition coefficient (Wildman–Crippen LogP) is 2.23. The van der Waals surface area contributed by atoms with E-state index in [1.54, 1.807) is 6.26 Å². The minimum atomic E-state index is 0.0805. The maximum Gasteiger partial charge on any atom is 0.166 e. The first-order chi connectivity index (χ1) is 8.24. The summed E-state index contributed by atoms with van der Waals surface area (Å²) in [4.78, 5) is 0. The van der Waals surface area contributed by atoms with E-state index in [9.17, 15) is 0 Å². The third-order valence-corrected chi connectivity index (χ3v) is 2.53. The molecule has 0 aliphatic heterocycles. The predicted molar refractivity (Wildman–Crippen MR) is 72.0 cm³/mol. The van der Waals surface area contributed by atoms with Crippen molar-refractivity contribution in [2.45, 2.75) is 26.3 Å². The topological polar surface area (TPSA) is 46.4 Å². The Balaban J connectivity index is 2.12. The Hall–Kier alpha value is -1.07. The molecule has 96 valence electrons. The summed E-state index contributed by atoms with van der Waals surface area (Å²) in [6.45, 7) is 6.34. The maximum atomic E-state index is 5.28. The molecule has 0 aliphatic rings. The van der Waals surface area contributed by atoms with Gasteiger partial charge in [0.25, 0.3) is 0 Å². The van der Waals surface area contributed by atoms with Gasteiger partial charge in [0.05, 0.1) is 12.3 Å². The first-order valence-electron chi connectivity index (χ1n) is 5.89. The van der Waals surface area contributed by atoms with Crippen LogP contribution >= 0.6 is 12.2 Å². The van der Waals surface area contributed by atoms with Crippen LogP contribution in [0.15, 0.2) is 22.8 Å². The molecule has 0 saturated heterocycles. The van der Waals surface area contributed by atoms with Crippen LogP contribution in [0.4, 0.5) is 0 Å². The van der Waals surface area contributed by atoms with E-state index >= 15 is 0 Å². The highest BCUT2D eigenvalue weighted by Gasteiger charge is 2.08. The normalized spacial score (nSPS) is 12.1. The Kier molecular flexibility index (Phi) is 6.65. The molecule has 0 bridgehead atoms. The van der Waals surface area contributed by atoms with Crippen molar-refractivity contribution >= 4 is 17.3 Å². The van der Waals surface area contributed by atoms with Gasteiger partial charge in [0, 0.05) is 19.8 Å². The molecule has 17 heavy (non-hydrogen) atoms. The van der Waals surface area contributed by atoms with E-state index in [0.717, 1.165) is 31.9 Å². The fourth-order valence-electron chi connectivity index (χ4n) is 1.38. The van der Waals surface area contributed by atoms with Crippen LogP contribution in [0.1, 0.15) is 32.1 Å². The van der Waals surface area contributed by atoms with Gasteiger partial charge in [0.15, 0.2) is 5.11 Å². The van der Waals surface area contributed by atoms with E-state index in [2.05, 4.69) is 10.6 Å². The van der Waals surface area contributed by atoms with Gasteiger partial charge < -0.3 is 19.8 Å². The Morgan fingerprint density at radius 3 is 3.06 bits per heavy atom. The van der Waals surface area contributed by atoms with Crippen LogP contribution in [0.5, 0.6) is 0 Å². The lowest BCUT2D eigenvalue weighted by atomic mass is 10.2. The molecule has 1 atom stereocenters. The summed E-state index contributed by atoms with van der Waals surface area (Å²) in [6, 6.07) is 3.87. The number of ether oxygens (including phenoxy) is 1. The quantitative estimate of drug-likeness (QED) is 0.578. The average molecular weight is 256 g/mol. The number of rotatable bonds is 7. The molecule has 4 nitrogen and oxygen atoms in total. The third-order valence-electron chi connectivity index (χ3n) is 2.27. The second-order valence-electron chi connectivity index (χ2n) is 3.69. The zero-order chi connectivity index (χ0) is 12.5. The number of furan rings is 1. The molecular formula is C12H20N2O2S. The minimum absolute atomic E-state index is 0.0805. The van der Waals surface area contributed by atoms with Gasteiger partial charge in [-0.1, -0.05) is 0 Å². The molecule has 0 saturated carbocycles. The number of thiocarbonyl (C=S) groups is 1. The molecule has 1 aromatic heterocycles. The molecule has 0 aliphatic carbocycles. The van der Waals surface area contributed by atoms with Crippen molar-refractivity contribution in [3.63, 3.8) is 0 Å². The molecule has 2 N–H and O–H groups in total. The standard InChI is InChI=1S/C12H20N2O2S/c1-3-15-8-5-7-13-12(17)14-10(2)11-6-4-9-16-11/h4,6,9-10H,3,5,7-8H2,1-2H3,(H2,13,14,17). The average Bonchev–Trinajstić information content (AvgIpc) is 2.82. The lowest BCUT2D eigenvalue weighted by Gasteiger charge is -2.15. The Labute approximate surface area is 108 Å². The molecule has 0 fully saturated rings. The van der Waals surface area contributed by atoms with Crippen LogP contribution in [0.2, 0.25) is 0 Å². The molecule has 1 rings (SSSR count). The molecule has 0 radical (unpaired) electrons. The highest BCUT2D eigenvalue weighted by Crippen LogP contribution is 2.11. The van der Waals surface area contributed by atoms with E-state index in [4.69, 9.17) is 21.4 Å². The van der Waals surface area contributed by atoms with Crippen molar-refractivity contribution in [3.05, 3.63) is 24.2 Å². The fourth-order valence-corrected chi connectivity index (χ4v) is 1.66. The Bertz CT molecular complexity index is 314. The largest absolute Gasteiger partial charge is 0.467 e. The summed E-state index contributed by atoms with van der Waals surface area (Å²) >= 11 is 5.18. The van der Waals surface area contributed by atoms with E-state index in [1.165, 1.54) is 0 Å². The number of nitrogens with one attached hydrogen (secondary N) is 2. The van der Waals surface area contributed by atoms with E-state index in [0.29, 0.717) is 5.11 Å². The third kappa shape index (κ3) is 5.70. The Morgan fingerprint density at radius 1 is 1.59 bits per heavy atom. The van der Waals surface area contributed by atoms with Gasteiger partial charge in [0.2, 0.25) is 0 Å². The summed E-state index contributed by atoms with van der Waals surface area (Å²) in [7, 11) is 0. The van der Waals surface area contributed by atoms with Crippen LogP contribution < -0.4 is 10.6 Å². The highest BCUT2D eigenvalue weighted by molar-refractivity contribution is 7.80. The van der Waals surface area contributed by atoms with Crippen molar-refractivity contribution in [2.24, 2.45) is 0 Å². The van der Waals surface area contributed by atoms with Gasteiger partial charge >= 0.3 is 0 Å². The molecule has 1 aromatic rings. The van der Waals surface area contributed by atoms with Gasteiger partial charge in [-0.05, 0) is 44.6 Å². The SMILES string of the molecule is CCOCCCNC(=S)NC(C)c1ccco1.